The summed E-state index contributed by atoms with van der Waals surface area (Å²) in [7, 11) is 1.33. The van der Waals surface area contributed by atoms with E-state index in [2.05, 4.69) is 15.0 Å². The molecule has 1 fully saturated rings. The van der Waals surface area contributed by atoms with Gasteiger partial charge in [0.25, 0.3) is 0 Å². The van der Waals surface area contributed by atoms with Gasteiger partial charge >= 0.3 is 5.97 Å². The van der Waals surface area contributed by atoms with E-state index in [1.807, 2.05) is 30.3 Å². The van der Waals surface area contributed by atoms with Crippen molar-refractivity contribution in [2.45, 2.75) is 26.3 Å². The summed E-state index contributed by atoms with van der Waals surface area (Å²) in [4.78, 5) is 43.0. The van der Waals surface area contributed by atoms with Crippen LogP contribution in [0.3, 0.4) is 0 Å². The van der Waals surface area contributed by atoms with Crippen molar-refractivity contribution >= 4 is 34.3 Å². The van der Waals surface area contributed by atoms with Gasteiger partial charge in [-0.05, 0) is 12.5 Å². The van der Waals surface area contributed by atoms with Gasteiger partial charge in [-0.3, -0.25) is 14.4 Å². The lowest BCUT2D eigenvalue weighted by molar-refractivity contribution is -0.139. The van der Waals surface area contributed by atoms with Crippen LogP contribution in [-0.4, -0.2) is 41.3 Å². The summed E-state index contributed by atoms with van der Waals surface area (Å²) in [6, 6.07) is 9.70. The number of likely N-dealkylation sites (tertiary alicyclic amines) is 1. The first-order valence-electron chi connectivity index (χ1n) is 8.62. The van der Waals surface area contributed by atoms with Crippen molar-refractivity contribution in [2.75, 3.05) is 19.0 Å². The second-order valence-electron chi connectivity index (χ2n) is 6.43. The molecule has 8 heteroatoms. The molecule has 1 N–H and O–H groups in total. The molecule has 0 radical (unpaired) electrons. The Morgan fingerprint density at radius 1 is 1.33 bits per heavy atom. The Kier molecular flexibility index (Phi) is 5.85. The maximum atomic E-state index is 12.5. The fourth-order valence-corrected chi connectivity index (χ4v) is 3.91. The van der Waals surface area contributed by atoms with Crippen molar-refractivity contribution in [3.63, 3.8) is 0 Å². The smallest absolute Gasteiger partial charge is 0.310 e. The maximum Gasteiger partial charge on any atom is 0.310 e. The summed E-state index contributed by atoms with van der Waals surface area (Å²) in [5.74, 6) is -1.01. The second kappa shape index (κ2) is 8.30. The van der Waals surface area contributed by atoms with Crippen LogP contribution in [0.5, 0.6) is 0 Å². The van der Waals surface area contributed by atoms with Gasteiger partial charge in [-0.15, -0.1) is 11.3 Å². The first-order valence-corrected chi connectivity index (χ1v) is 9.43. The molecule has 3 rings (SSSR count). The molecule has 1 aliphatic heterocycles. The average molecular weight is 387 g/mol. The summed E-state index contributed by atoms with van der Waals surface area (Å²) >= 11 is 1.25. The van der Waals surface area contributed by atoms with Crippen LogP contribution in [0, 0.1) is 12.8 Å². The molecule has 0 aliphatic carbocycles. The highest BCUT2D eigenvalue weighted by atomic mass is 32.1. The third-order valence-electron chi connectivity index (χ3n) is 4.46. The van der Waals surface area contributed by atoms with Crippen LogP contribution in [0.15, 0.2) is 30.3 Å². The van der Waals surface area contributed by atoms with E-state index in [0.717, 1.165) is 10.4 Å². The molecule has 1 saturated heterocycles. The molecule has 1 aliphatic rings. The third kappa shape index (κ3) is 4.71. The number of aromatic nitrogens is 1. The van der Waals surface area contributed by atoms with E-state index in [1.54, 1.807) is 11.8 Å². The summed E-state index contributed by atoms with van der Waals surface area (Å²) < 4.78 is 4.66. The number of carbonyl (C=O) groups is 3. The molecule has 7 nitrogen and oxygen atoms in total. The first-order chi connectivity index (χ1) is 13.0. The van der Waals surface area contributed by atoms with Gasteiger partial charge in [0.2, 0.25) is 11.8 Å². The summed E-state index contributed by atoms with van der Waals surface area (Å²) in [6.45, 7) is 2.67. The Balaban J connectivity index is 1.59. The molecule has 2 aromatic rings. The van der Waals surface area contributed by atoms with Crippen molar-refractivity contribution in [3.8, 4) is 0 Å². The Morgan fingerprint density at radius 2 is 2.07 bits per heavy atom. The van der Waals surface area contributed by atoms with Gasteiger partial charge < -0.3 is 15.0 Å². The van der Waals surface area contributed by atoms with Gasteiger partial charge in [0, 0.05) is 24.4 Å². The number of carbonyl (C=O) groups excluding carboxylic acids is 3. The molecule has 2 heterocycles. The van der Waals surface area contributed by atoms with Crippen LogP contribution < -0.4 is 5.32 Å². The van der Waals surface area contributed by atoms with E-state index < -0.39 is 5.92 Å². The Morgan fingerprint density at radius 3 is 2.78 bits per heavy atom. The van der Waals surface area contributed by atoms with Crippen LogP contribution in [-0.2, 0) is 32.1 Å². The van der Waals surface area contributed by atoms with Crippen LogP contribution >= 0.6 is 11.3 Å². The van der Waals surface area contributed by atoms with E-state index in [-0.39, 0.29) is 30.6 Å². The Hall–Kier alpha value is -2.74. The quantitative estimate of drug-likeness (QED) is 0.768. The highest BCUT2D eigenvalue weighted by Gasteiger charge is 2.34. The van der Waals surface area contributed by atoms with Crippen molar-refractivity contribution in [2.24, 2.45) is 5.92 Å². The van der Waals surface area contributed by atoms with Crippen molar-refractivity contribution in [3.05, 3.63) is 46.5 Å². The number of thiazole rings is 1. The third-order valence-corrected chi connectivity index (χ3v) is 5.53. The minimum atomic E-state index is -0.408. The number of hydrogen-bond acceptors (Lipinski definition) is 6. The van der Waals surface area contributed by atoms with E-state index in [9.17, 15) is 14.4 Å². The number of nitrogens with zero attached hydrogens (tertiary/aromatic N) is 2. The SMILES string of the molecule is COC(=O)Cc1sc(NC(=O)C2CC(=O)N(Cc3ccccc3)C2)nc1C. The lowest BCUT2D eigenvalue weighted by atomic mass is 10.1. The summed E-state index contributed by atoms with van der Waals surface area (Å²) in [5.41, 5.74) is 1.73. The zero-order valence-corrected chi connectivity index (χ0v) is 16.0. The largest absolute Gasteiger partial charge is 0.469 e. The number of amides is 2. The first kappa shape index (κ1) is 19.0. The minimum Gasteiger partial charge on any atom is -0.469 e. The second-order valence-corrected chi connectivity index (χ2v) is 7.51. The average Bonchev–Trinajstić information content (AvgIpc) is 3.18. The van der Waals surface area contributed by atoms with Gasteiger partial charge in [0.15, 0.2) is 5.13 Å². The molecule has 0 spiro atoms. The van der Waals surface area contributed by atoms with Gasteiger partial charge in [0.1, 0.15) is 0 Å². The molecule has 0 saturated carbocycles. The maximum absolute atomic E-state index is 12.5. The number of hydrogen-bond donors (Lipinski definition) is 1. The Labute approximate surface area is 161 Å². The predicted molar refractivity (Wildman–Crippen MR) is 101 cm³/mol. The normalized spacial score (nSPS) is 16.4. The fourth-order valence-electron chi connectivity index (χ4n) is 2.96. The molecule has 27 heavy (non-hydrogen) atoms. The number of anilines is 1. The molecule has 2 amide bonds. The zero-order chi connectivity index (χ0) is 19.4. The van der Waals surface area contributed by atoms with Gasteiger partial charge in [-0.1, -0.05) is 30.3 Å². The molecular formula is C19H21N3O4S. The minimum absolute atomic E-state index is 0.0271. The molecular weight excluding hydrogens is 366 g/mol. The number of aryl methyl sites for hydroxylation is 1. The molecule has 1 unspecified atom stereocenters. The van der Waals surface area contributed by atoms with Crippen molar-refractivity contribution < 1.29 is 19.1 Å². The number of nitrogens with one attached hydrogen (secondary N) is 1. The monoisotopic (exact) mass is 387 g/mol. The summed E-state index contributed by atoms with van der Waals surface area (Å²) in [6.07, 6.45) is 0.320. The highest BCUT2D eigenvalue weighted by molar-refractivity contribution is 7.16. The number of ether oxygens (including phenoxy) is 1. The fraction of sp³-hybridized carbons (Fsp3) is 0.368. The van der Waals surface area contributed by atoms with Crippen LogP contribution in [0.1, 0.15) is 22.6 Å². The van der Waals surface area contributed by atoms with E-state index in [1.165, 1.54) is 18.4 Å². The topological polar surface area (TPSA) is 88.6 Å². The molecule has 1 aromatic carbocycles. The van der Waals surface area contributed by atoms with Crippen LogP contribution in [0.25, 0.3) is 0 Å². The number of rotatable bonds is 6. The molecule has 142 valence electrons. The van der Waals surface area contributed by atoms with E-state index >= 15 is 0 Å². The molecule has 0 bridgehead atoms. The molecule has 1 atom stereocenters. The van der Waals surface area contributed by atoms with Crippen molar-refractivity contribution in [1.82, 2.24) is 9.88 Å². The zero-order valence-electron chi connectivity index (χ0n) is 15.2. The van der Waals surface area contributed by atoms with Gasteiger partial charge in [0.05, 0.1) is 25.1 Å². The van der Waals surface area contributed by atoms with Crippen LogP contribution in [0.2, 0.25) is 0 Å². The standard InChI is InChI=1S/C19H21N3O4S/c1-12-15(9-17(24)26-2)27-19(20-12)21-18(25)14-8-16(23)22(11-14)10-13-6-4-3-5-7-13/h3-7,14H,8-11H2,1-2H3,(H,20,21,25). The Bertz CT molecular complexity index is 850. The van der Waals surface area contributed by atoms with Crippen LogP contribution in [0.4, 0.5) is 5.13 Å². The lowest BCUT2D eigenvalue weighted by Crippen LogP contribution is -2.28. The number of benzene rings is 1. The van der Waals surface area contributed by atoms with Gasteiger partial charge in [-0.2, -0.15) is 0 Å². The van der Waals surface area contributed by atoms with Crippen molar-refractivity contribution in [1.29, 1.82) is 0 Å². The molecule has 1 aromatic heterocycles. The predicted octanol–water partition coefficient (Wildman–Crippen LogP) is 2.15. The van der Waals surface area contributed by atoms with Gasteiger partial charge in [-0.25, -0.2) is 4.98 Å². The lowest BCUT2D eigenvalue weighted by Gasteiger charge is -2.16. The van der Waals surface area contributed by atoms with E-state index in [4.69, 9.17) is 0 Å². The number of esters is 1. The highest BCUT2D eigenvalue weighted by Crippen LogP contribution is 2.26. The van der Waals surface area contributed by atoms with E-state index in [0.29, 0.717) is 23.9 Å². The number of methoxy groups -OCH3 is 1. The summed E-state index contributed by atoms with van der Waals surface area (Å²) in [5, 5.41) is 3.21.